The molecule has 0 radical (unpaired) electrons. The highest BCUT2D eigenvalue weighted by Gasteiger charge is 2.52. The molecule has 3 heteroatoms. The Morgan fingerprint density at radius 3 is 2.12 bits per heavy atom. The van der Waals surface area contributed by atoms with E-state index in [2.05, 4.69) is 13.8 Å². The van der Waals surface area contributed by atoms with Gasteiger partial charge in [-0.1, -0.05) is 13.8 Å². The van der Waals surface area contributed by atoms with Crippen molar-refractivity contribution in [3.8, 4) is 0 Å². The van der Waals surface area contributed by atoms with E-state index in [-0.39, 0.29) is 12.0 Å². The summed E-state index contributed by atoms with van der Waals surface area (Å²) in [5, 5.41) is 20.9. The number of aliphatic hydroxyl groups excluding tert-OH is 1. The van der Waals surface area contributed by atoms with Crippen LogP contribution >= 0.6 is 11.8 Å². The monoisotopic (exact) mass is 258 g/mol. The van der Waals surface area contributed by atoms with Crippen LogP contribution in [0.25, 0.3) is 0 Å². The topological polar surface area (TPSA) is 40.5 Å². The Labute approximate surface area is 109 Å². The molecule has 2 nitrogen and oxygen atoms in total. The van der Waals surface area contributed by atoms with Gasteiger partial charge in [0.15, 0.2) is 0 Å². The maximum Gasteiger partial charge on any atom is 0.0741 e. The van der Waals surface area contributed by atoms with Gasteiger partial charge in [-0.15, -0.1) is 0 Å². The second-order valence-corrected chi connectivity index (χ2v) is 7.66. The number of hydrogen-bond acceptors (Lipinski definition) is 3. The van der Waals surface area contributed by atoms with Crippen LogP contribution in [0.1, 0.15) is 46.0 Å². The third-order valence-electron chi connectivity index (χ3n) is 4.89. The zero-order valence-electron chi connectivity index (χ0n) is 11.1. The molecule has 1 aliphatic carbocycles. The first kappa shape index (κ1) is 13.7. The Balaban J connectivity index is 2.22. The van der Waals surface area contributed by atoms with Crippen molar-refractivity contribution in [3.05, 3.63) is 0 Å². The van der Waals surface area contributed by atoms with Gasteiger partial charge in [-0.3, -0.25) is 0 Å². The molecule has 2 rings (SSSR count). The fraction of sp³-hybridized carbons (Fsp3) is 1.00. The molecular weight excluding hydrogens is 232 g/mol. The summed E-state index contributed by atoms with van der Waals surface area (Å²) in [7, 11) is 0. The molecule has 0 aromatic carbocycles. The summed E-state index contributed by atoms with van der Waals surface area (Å²) >= 11 is 1.93. The minimum absolute atomic E-state index is 0.156. The van der Waals surface area contributed by atoms with Crippen molar-refractivity contribution >= 4 is 11.8 Å². The number of hydrogen-bond donors (Lipinski definition) is 2. The van der Waals surface area contributed by atoms with Gasteiger partial charge in [-0.2, -0.15) is 11.8 Å². The molecule has 1 heterocycles. The van der Waals surface area contributed by atoms with E-state index in [9.17, 15) is 10.2 Å². The SMILES string of the molecule is CC1CC(C)CC(CO)(C2(O)CCSCC2)C1. The molecule has 2 N–H and O–H groups in total. The predicted octanol–water partition coefficient (Wildman–Crippen LogP) is 2.68. The van der Waals surface area contributed by atoms with Crippen LogP contribution in [0.2, 0.25) is 0 Å². The molecule has 2 aliphatic rings. The van der Waals surface area contributed by atoms with Crippen molar-refractivity contribution in [2.75, 3.05) is 18.1 Å². The van der Waals surface area contributed by atoms with Crippen molar-refractivity contribution < 1.29 is 10.2 Å². The van der Waals surface area contributed by atoms with E-state index in [4.69, 9.17) is 0 Å². The van der Waals surface area contributed by atoms with Crippen molar-refractivity contribution in [2.24, 2.45) is 17.3 Å². The highest BCUT2D eigenvalue weighted by atomic mass is 32.2. The largest absolute Gasteiger partial charge is 0.396 e. The molecule has 17 heavy (non-hydrogen) atoms. The lowest BCUT2D eigenvalue weighted by Crippen LogP contribution is -2.55. The molecule has 2 atom stereocenters. The minimum atomic E-state index is -0.615. The van der Waals surface area contributed by atoms with Crippen LogP contribution in [0.4, 0.5) is 0 Å². The highest BCUT2D eigenvalue weighted by Crippen LogP contribution is 2.52. The molecular formula is C14H26O2S. The summed E-state index contributed by atoms with van der Waals surface area (Å²) in [5.74, 6) is 3.34. The summed E-state index contributed by atoms with van der Waals surface area (Å²) in [6, 6.07) is 0. The predicted molar refractivity (Wildman–Crippen MR) is 73.2 cm³/mol. The van der Waals surface area contributed by atoms with Gasteiger partial charge in [0.25, 0.3) is 0 Å². The smallest absolute Gasteiger partial charge is 0.0741 e. The lowest BCUT2D eigenvalue weighted by Gasteiger charge is -2.53. The maximum absolute atomic E-state index is 11.0. The standard InChI is InChI=1S/C14H26O2S/c1-11-7-12(2)9-13(8-11,10-15)14(16)3-5-17-6-4-14/h11-12,15-16H,3-10H2,1-2H3. The molecule has 0 amide bonds. The van der Waals surface area contributed by atoms with Crippen LogP contribution < -0.4 is 0 Å². The zero-order valence-corrected chi connectivity index (χ0v) is 11.9. The molecule has 1 aliphatic heterocycles. The normalized spacial score (nSPS) is 42.4. The summed E-state index contributed by atoms with van der Waals surface area (Å²) in [6.45, 7) is 4.69. The minimum Gasteiger partial charge on any atom is -0.396 e. The number of thioether (sulfide) groups is 1. The van der Waals surface area contributed by atoms with Gasteiger partial charge in [0.1, 0.15) is 0 Å². The molecule has 2 unspecified atom stereocenters. The lowest BCUT2D eigenvalue weighted by molar-refractivity contribution is -0.147. The molecule has 0 aromatic heterocycles. The Morgan fingerprint density at radius 2 is 1.65 bits per heavy atom. The highest BCUT2D eigenvalue weighted by molar-refractivity contribution is 7.99. The van der Waals surface area contributed by atoms with Gasteiger partial charge in [0.05, 0.1) is 12.2 Å². The molecule has 1 saturated heterocycles. The van der Waals surface area contributed by atoms with Gasteiger partial charge < -0.3 is 10.2 Å². The first-order valence-corrected chi connectivity index (χ1v) is 8.08. The van der Waals surface area contributed by atoms with Crippen LogP contribution in [0, 0.1) is 17.3 Å². The van der Waals surface area contributed by atoms with E-state index in [1.807, 2.05) is 11.8 Å². The van der Waals surface area contributed by atoms with Crippen LogP contribution in [-0.4, -0.2) is 33.9 Å². The fourth-order valence-electron chi connectivity index (χ4n) is 4.17. The van der Waals surface area contributed by atoms with Gasteiger partial charge in [0.2, 0.25) is 0 Å². The van der Waals surface area contributed by atoms with Crippen LogP contribution in [0.5, 0.6) is 0 Å². The summed E-state index contributed by atoms with van der Waals surface area (Å²) in [5.41, 5.74) is -0.846. The van der Waals surface area contributed by atoms with Crippen molar-refractivity contribution in [2.45, 2.75) is 51.6 Å². The van der Waals surface area contributed by atoms with E-state index in [0.717, 1.165) is 37.2 Å². The van der Waals surface area contributed by atoms with Crippen molar-refractivity contribution in [3.63, 3.8) is 0 Å². The third kappa shape index (κ3) is 2.52. The molecule has 0 spiro atoms. The van der Waals surface area contributed by atoms with E-state index < -0.39 is 5.60 Å². The second kappa shape index (κ2) is 5.10. The Hall–Kier alpha value is 0.270. The van der Waals surface area contributed by atoms with Crippen molar-refractivity contribution in [1.82, 2.24) is 0 Å². The Kier molecular flexibility index (Phi) is 4.11. The number of rotatable bonds is 2. The fourth-order valence-corrected chi connectivity index (χ4v) is 5.33. The first-order chi connectivity index (χ1) is 8.01. The van der Waals surface area contributed by atoms with Gasteiger partial charge in [-0.25, -0.2) is 0 Å². The average molecular weight is 258 g/mol. The molecule has 0 aromatic rings. The Morgan fingerprint density at radius 1 is 1.12 bits per heavy atom. The van der Waals surface area contributed by atoms with E-state index in [1.54, 1.807) is 0 Å². The molecule has 2 fully saturated rings. The zero-order chi connectivity index (χ0) is 12.5. The summed E-state index contributed by atoms with van der Waals surface area (Å²) in [6.07, 6.45) is 4.95. The third-order valence-corrected chi connectivity index (χ3v) is 5.88. The maximum atomic E-state index is 11.0. The van der Waals surface area contributed by atoms with Gasteiger partial charge >= 0.3 is 0 Å². The van der Waals surface area contributed by atoms with Crippen LogP contribution in [0.3, 0.4) is 0 Å². The lowest BCUT2D eigenvalue weighted by atomic mass is 9.57. The average Bonchev–Trinajstić information content (AvgIpc) is 2.28. The van der Waals surface area contributed by atoms with E-state index in [0.29, 0.717) is 11.8 Å². The molecule has 1 saturated carbocycles. The van der Waals surface area contributed by atoms with Gasteiger partial charge in [-0.05, 0) is 55.4 Å². The van der Waals surface area contributed by atoms with Crippen LogP contribution in [0.15, 0.2) is 0 Å². The van der Waals surface area contributed by atoms with E-state index in [1.165, 1.54) is 6.42 Å². The van der Waals surface area contributed by atoms with Gasteiger partial charge in [0, 0.05) is 5.41 Å². The quantitative estimate of drug-likeness (QED) is 0.800. The van der Waals surface area contributed by atoms with E-state index >= 15 is 0 Å². The first-order valence-electron chi connectivity index (χ1n) is 6.92. The van der Waals surface area contributed by atoms with Crippen LogP contribution in [-0.2, 0) is 0 Å². The molecule has 100 valence electrons. The molecule has 0 bridgehead atoms. The summed E-state index contributed by atoms with van der Waals surface area (Å²) < 4.78 is 0. The summed E-state index contributed by atoms with van der Waals surface area (Å²) in [4.78, 5) is 0. The second-order valence-electron chi connectivity index (χ2n) is 6.44. The Bertz CT molecular complexity index is 251. The van der Waals surface area contributed by atoms with Crippen molar-refractivity contribution in [1.29, 1.82) is 0 Å². The number of aliphatic hydroxyl groups is 2.